The molecule has 1 amide bonds. The number of para-hydroxylation sites is 1. The number of aromatic nitrogens is 1. The number of aromatic amines is 1. The van der Waals surface area contributed by atoms with Crippen LogP contribution in [0.3, 0.4) is 0 Å². The highest BCUT2D eigenvalue weighted by atomic mass is 35.5. The molecule has 2 aromatic carbocycles. The van der Waals surface area contributed by atoms with Crippen LogP contribution < -0.4 is 20.3 Å². The number of amides is 1. The molecular formula is C20H19ClN2O4. The first-order valence-electron chi connectivity index (χ1n) is 8.43. The fraction of sp³-hybridized carbons (Fsp3) is 0.200. The molecule has 2 N–H and O–H groups in total. The van der Waals surface area contributed by atoms with E-state index >= 15 is 0 Å². The molecule has 1 aromatic heterocycles. The maximum absolute atomic E-state index is 12.5. The molecule has 6 nitrogen and oxygen atoms in total. The quantitative estimate of drug-likeness (QED) is 0.679. The number of hydrogen-bond donors (Lipinski definition) is 2. The number of methoxy groups -OCH3 is 1. The number of hydrogen-bond acceptors (Lipinski definition) is 4. The monoisotopic (exact) mass is 386 g/mol. The molecule has 0 aliphatic carbocycles. The van der Waals surface area contributed by atoms with E-state index in [0.717, 1.165) is 10.9 Å². The van der Waals surface area contributed by atoms with Gasteiger partial charge in [-0.15, -0.1) is 0 Å². The zero-order valence-electron chi connectivity index (χ0n) is 15.0. The molecule has 3 aromatic rings. The third-order valence-electron chi connectivity index (χ3n) is 4.03. The van der Waals surface area contributed by atoms with Gasteiger partial charge in [0, 0.05) is 12.1 Å². The normalized spacial score (nSPS) is 10.6. The van der Waals surface area contributed by atoms with Crippen molar-refractivity contribution in [3.05, 3.63) is 69.0 Å². The van der Waals surface area contributed by atoms with E-state index in [1.165, 1.54) is 7.11 Å². The van der Waals surface area contributed by atoms with Gasteiger partial charge >= 0.3 is 0 Å². The summed E-state index contributed by atoms with van der Waals surface area (Å²) >= 11 is 6.24. The summed E-state index contributed by atoms with van der Waals surface area (Å²) in [6, 6.07) is 12.3. The van der Waals surface area contributed by atoms with Crippen molar-refractivity contribution in [1.82, 2.24) is 10.3 Å². The predicted molar refractivity (Wildman–Crippen MR) is 105 cm³/mol. The average molecular weight is 387 g/mol. The molecule has 1 heterocycles. The summed E-state index contributed by atoms with van der Waals surface area (Å²) < 4.78 is 10.8. The van der Waals surface area contributed by atoms with Gasteiger partial charge in [0.2, 0.25) is 0 Å². The second-order valence-electron chi connectivity index (χ2n) is 5.82. The molecule has 140 valence electrons. The molecule has 7 heteroatoms. The van der Waals surface area contributed by atoms with Crippen LogP contribution in [0.15, 0.2) is 47.3 Å². The summed E-state index contributed by atoms with van der Waals surface area (Å²) in [5.74, 6) is 0.478. The van der Waals surface area contributed by atoms with Gasteiger partial charge in [-0.2, -0.15) is 0 Å². The van der Waals surface area contributed by atoms with E-state index in [0.29, 0.717) is 28.6 Å². The Kier molecular flexibility index (Phi) is 5.66. The number of rotatable bonds is 6. The van der Waals surface area contributed by atoms with Crippen molar-refractivity contribution < 1.29 is 14.3 Å². The van der Waals surface area contributed by atoms with E-state index in [9.17, 15) is 9.59 Å². The van der Waals surface area contributed by atoms with Gasteiger partial charge in [-0.1, -0.05) is 29.8 Å². The summed E-state index contributed by atoms with van der Waals surface area (Å²) in [6.45, 7) is 2.50. The zero-order valence-corrected chi connectivity index (χ0v) is 15.7. The van der Waals surface area contributed by atoms with Crippen molar-refractivity contribution in [2.24, 2.45) is 0 Å². The standard InChI is InChI=1S/C20H19ClN2O4/c1-3-27-18-15(21)8-12(9-17(18)26-2)11-22-19(24)14-10-13-6-4-5-7-16(13)23-20(14)25/h4-10H,3,11H2,1-2H3,(H,22,24)(H,23,25). The minimum Gasteiger partial charge on any atom is -0.493 e. The number of carbonyl (C=O) groups excluding carboxylic acids is 1. The van der Waals surface area contributed by atoms with Crippen LogP contribution in [0.2, 0.25) is 5.02 Å². The van der Waals surface area contributed by atoms with Crippen LogP contribution in [0.4, 0.5) is 0 Å². The molecule has 27 heavy (non-hydrogen) atoms. The number of benzene rings is 2. The van der Waals surface area contributed by atoms with Crippen LogP contribution in [0.25, 0.3) is 10.9 Å². The van der Waals surface area contributed by atoms with Gasteiger partial charge in [0.25, 0.3) is 11.5 Å². The Morgan fingerprint density at radius 1 is 1.22 bits per heavy atom. The molecule has 0 unspecified atom stereocenters. The number of pyridine rings is 1. The first kappa shape index (κ1) is 18.8. The van der Waals surface area contributed by atoms with Crippen molar-refractivity contribution in [2.75, 3.05) is 13.7 Å². The van der Waals surface area contributed by atoms with Gasteiger partial charge in [-0.25, -0.2) is 0 Å². The molecule has 0 radical (unpaired) electrons. The fourth-order valence-electron chi connectivity index (χ4n) is 2.75. The van der Waals surface area contributed by atoms with E-state index < -0.39 is 11.5 Å². The molecule has 0 spiro atoms. The third kappa shape index (κ3) is 4.06. The minimum atomic E-state index is -0.467. The molecule has 0 saturated carbocycles. The van der Waals surface area contributed by atoms with Gasteiger partial charge in [0.15, 0.2) is 11.5 Å². The second kappa shape index (κ2) is 8.14. The largest absolute Gasteiger partial charge is 0.493 e. The lowest BCUT2D eigenvalue weighted by Crippen LogP contribution is -2.29. The van der Waals surface area contributed by atoms with Gasteiger partial charge in [-0.05, 0) is 42.1 Å². The van der Waals surface area contributed by atoms with Crippen molar-refractivity contribution >= 4 is 28.4 Å². The Bertz CT molecular complexity index is 1050. The Morgan fingerprint density at radius 3 is 2.74 bits per heavy atom. The van der Waals surface area contributed by atoms with Crippen LogP contribution in [0.5, 0.6) is 11.5 Å². The Morgan fingerprint density at radius 2 is 2.00 bits per heavy atom. The minimum absolute atomic E-state index is 0.0534. The van der Waals surface area contributed by atoms with E-state index in [4.69, 9.17) is 21.1 Å². The number of halogens is 1. The summed E-state index contributed by atoms with van der Waals surface area (Å²) in [4.78, 5) is 27.4. The van der Waals surface area contributed by atoms with Gasteiger partial charge in [0.05, 0.1) is 18.7 Å². The number of H-pyrrole nitrogens is 1. The molecular weight excluding hydrogens is 368 g/mol. The van der Waals surface area contributed by atoms with E-state index in [-0.39, 0.29) is 12.1 Å². The van der Waals surface area contributed by atoms with Crippen molar-refractivity contribution in [3.63, 3.8) is 0 Å². The van der Waals surface area contributed by atoms with Crippen LogP contribution in [-0.2, 0) is 6.54 Å². The van der Waals surface area contributed by atoms with E-state index in [2.05, 4.69) is 10.3 Å². The van der Waals surface area contributed by atoms with Crippen LogP contribution in [-0.4, -0.2) is 24.6 Å². The highest BCUT2D eigenvalue weighted by molar-refractivity contribution is 6.32. The fourth-order valence-corrected chi connectivity index (χ4v) is 3.04. The van der Waals surface area contributed by atoms with Crippen LogP contribution in [0.1, 0.15) is 22.8 Å². The highest BCUT2D eigenvalue weighted by Crippen LogP contribution is 2.36. The molecule has 3 rings (SSSR count). The maximum atomic E-state index is 12.5. The lowest BCUT2D eigenvalue weighted by molar-refractivity contribution is 0.0949. The zero-order chi connectivity index (χ0) is 19.4. The second-order valence-corrected chi connectivity index (χ2v) is 6.23. The number of ether oxygens (including phenoxy) is 2. The average Bonchev–Trinajstić information content (AvgIpc) is 2.67. The summed E-state index contributed by atoms with van der Waals surface area (Å²) in [5.41, 5.74) is 1.03. The number of fused-ring (bicyclic) bond motifs is 1. The maximum Gasteiger partial charge on any atom is 0.261 e. The smallest absolute Gasteiger partial charge is 0.261 e. The van der Waals surface area contributed by atoms with E-state index in [1.54, 1.807) is 24.3 Å². The van der Waals surface area contributed by atoms with E-state index in [1.807, 2.05) is 25.1 Å². The highest BCUT2D eigenvalue weighted by Gasteiger charge is 2.14. The van der Waals surface area contributed by atoms with Crippen LogP contribution >= 0.6 is 11.6 Å². The Labute approximate surface area is 161 Å². The molecule has 0 aliphatic rings. The third-order valence-corrected chi connectivity index (χ3v) is 4.31. The van der Waals surface area contributed by atoms with Crippen molar-refractivity contribution in [2.45, 2.75) is 13.5 Å². The van der Waals surface area contributed by atoms with Gasteiger partial charge in [0.1, 0.15) is 5.56 Å². The molecule has 0 aliphatic heterocycles. The Hall–Kier alpha value is -2.99. The molecule has 0 saturated heterocycles. The SMILES string of the molecule is CCOc1c(Cl)cc(CNC(=O)c2cc3ccccc3[nH]c2=O)cc1OC. The lowest BCUT2D eigenvalue weighted by atomic mass is 10.1. The number of carbonyl (C=O) groups is 1. The van der Waals surface area contributed by atoms with Crippen LogP contribution in [0, 0.1) is 0 Å². The van der Waals surface area contributed by atoms with Crippen molar-refractivity contribution in [1.29, 1.82) is 0 Å². The van der Waals surface area contributed by atoms with Crippen molar-refractivity contribution in [3.8, 4) is 11.5 Å². The molecule has 0 fully saturated rings. The molecule has 0 bridgehead atoms. The topological polar surface area (TPSA) is 80.4 Å². The predicted octanol–water partition coefficient (Wildman–Crippen LogP) is 3.52. The molecule has 0 atom stereocenters. The summed E-state index contributed by atoms with van der Waals surface area (Å²) in [7, 11) is 1.52. The summed E-state index contributed by atoms with van der Waals surface area (Å²) in [5, 5.41) is 3.91. The Balaban J connectivity index is 1.81. The summed E-state index contributed by atoms with van der Waals surface area (Å²) in [6.07, 6.45) is 0. The first-order valence-corrected chi connectivity index (χ1v) is 8.80. The lowest BCUT2D eigenvalue weighted by Gasteiger charge is -2.13. The van der Waals surface area contributed by atoms with Gasteiger partial charge < -0.3 is 19.8 Å². The first-order chi connectivity index (χ1) is 13.0. The van der Waals surface area contributed by atoms with Gasteiger partial charge in [-0.3, -0.25) is 9.59 Å². The number of nitrogens with one attached hydrogen (secondary N) is 2.